The molecule has 1 aromatic carbocycles. The number of urea groups is 1. The molecule has 0 bridgehead atoms. The summed E-state index contributed by atoms with van der Waals surface area (Å²) in [4.78, 5) is 36.5. The van der Waals surface area contributed by atoms with Gasteiger partial charge in [0, 0.05) is 18.5 Å². The van der Waals surface area contributed by atoms with E-state index in [2.05, 4.69) is 15.8 Å². The molecule has 0 unspecified atom stereocenters. The molecule has 9 nitrogen and oxygen atoms in total. The summed E-state index contributed by atoms with van der Waals surface area (Å²) in [5, 5.41) is 16.0. The van der Waals surface area contributed by atoms with E-state index in [-0.39, 0.29) is 24.6 Å². The van der Waals surface area contributed by atoms with E-state index in [0.29, 0.717) is 11.3 Å². The molecule has 0 saturated carbocycles. The van der Waals surface area contributed by atoms with Crippen molar-refractivity contribution < 1.29 is 24.2 Å². The summed E-state index contributed by atoms with van der Waals surface area (Å²) in [6.45, 7) is 3.15. The molecular formula is C16H20N4O5. The summed E-state index contributed by atoms with van der Waals surface area (Å²) in [6, 6.07) is 4.07. The van der Waals surface area contributed by atoms with Crippen molar-refractivity contribution in [3.8, 4) is 11.5 Å². The molecule has 0 spiro atoms. The molecule has 1 fully saturated rings. The van der Waals surface area contributed by atoms with E-state index in [4.69, 9.17) is 4.74 Å². The minimum absolute atomic E-state index is 0.0136. The molecule has 1 aromatic rings. The van der Waals surface area contributed by atoms with E-state index in [1.54, 1.807) is 26.0 Å². The highest BCUT2D eigenvalue weighted by Gasteiger charge is 2.43. The first-order chi connectivity index (χ1) is 11.7. The number of ether oxygens (including phenoxy) is 1. The van der Waals surface area contributed by atoms with Gasteiger partial charge in [0.15, 0.2) is 0 Å². The van der Waals surface area contributed by atoms with Crippen LogP contribution >= 0.6 is 0 Å². The Hall–Kier alpha value is -3.10. The SMILES string of the molecule is COc1ccc(O)c(/C=N/NC(=O)CCN2C(=O)NC(C)(C)C2=O)c1. The third kappa shape index (κ3) is 4.25. The topological polar surface area (TPSA) is 120 Å². The third-order valence-electron chi connectivity index (χ3n) is 3.63. The first kappa shape index (κ1) is 18.2. The van der Waals surface area contributed by atoms with E-state index < -0.39 is 17.5 Å². The van der Waals surface area contributed by atoms with Crippen molar-refractivity contribution in [2.24, 2.45) is 5.10 Å². The number of carbonyl (C=O) groups is 3. The predicted octanol–water partition coefficient (Wildman–Crippen LogP) is 0.571. The Morgan fingerprint density at radius 2 is 2.16 bits per heavy atom. The number of hydrazone groups is 1. The van der Waals surface area contributed by atoms with Crippen LogP contribution < -0.4 is 15.5 Å². The second-order valence-electron chi connectivity index (χ2n) is 5.98. The number of rotatable bonds is 6. The van der Waals surface area contributed by atoms with E-state index in [9.17, 15) is 19.5 Å². The highest BCUT2D eigenvalue weighted by Crippen LogP contribution is 2.21. The maximum Gasteiger partial charge on any atom is 0.325 e. The number of amides is 4. The Bertz CT molecular complexity index is 729. The fourth-order valence-corrected chi connectivity index (χ4v) is 2.23. The molecule has 9 heteroatoms. The van der Waals surface area contributed by atoms with Gasteiger partial charge in [-0.3, -0.25) is 14.5 Å². The van der Waals surface area contributed by atoms with Crippen molar-refractivity contribution in [3.63, 3.8) is 0 Å². The quantitative estimate of drug-likeness (QED) is 0.394. The van der Waals surface area contributed by atoms with Gasteiger partial charge in [-0.05, 0) is 32.0 Å². The maximum absolute atomic E-state index is 12.0. The molecule has 25 heavy (non-hydrogen) atoms. The lowest BCUT2D eigenvalue weighted by molar-refractivity contribution is -0.130. The summed E-state index contributed by atoms with van der Waals surface area (Å²) in [6.07, 6.45) is 1.18. The van der Waals surface area contributed by atoms with Crippen molar-refractivity contribution in [3.05, 3.63) is 23.8 Å². The van der Waals surface area contributed by atoms with Crippen LogP contribution in [0.25, 0.3) is 0 Å². The van der Waals surface area contributed by atoms with Gasteiger partial charge in [-0.15, -0.1) is 0 Å². The van der Waals surface area contributed by atoms with Crippen LogP contribution in [0.2, 0.25) is 0 Å². The second-order valence-corrected chi connectivity index (χ2v) is 5.98. The zero-order valence-corrected chi connectivity index (χ0v) is 14.2. The van der Waals surface area contributed by atoms with Crippen LogP contribution in [0.1, 0.15) is 25.8 Å². The van der Waals surface area contributed by atoms with E-state index in [1.807, 2.05) is 0 Å². The number of nitrogens with zero attached hydrogens (tertiary/aromatic N) is 2. The number of benzene rings is 1. The average Bonchev–Trinajstić information content (AvgIpc) is 2.75. The second kappa shape index (κ2) is 7.20. The zero-order valence-electron chi connectivity index (χ0n) is 14.2. The van der Waals surface area contributed by atoms with Gasteiger partial charge in [0.1, 0.15) is 17.0 Å². The van der Waals surface area contributed by atoms with Crippen molar-refractivity contribution in [1.29, 1.82) is 0 Å². The zero-order chi connectivity index (χ0) is 18.6. The van der Waals surface area contributed by atoms with Crippen molar-refractivity contribution in [1.82, 2.24) is 15.6 Å². The number of aromatic hydroxyl groups is 1. The number of phenolic OH excluding ortho intramolecular Hbond substituents is 1. The van der Waals surface area contributed by atoms with Gasteiger partial charge in [0.2, 0.25) is 5.91 Å². The number of carbonyl (C=O) groups excluding carboxylic acids is 3. The fourth-order valence-electron chi connectivity index (χ4n) is 2.23. The number of imide groups is 1. The highest BCUT2D eigenvalue weighted by atomic mass is 16.5. The number of hydrogen-bond donors (Lipinski definition) is 3. The fraction of sp³-hybridized carbons (Fsp3) is 0.375. The number of methoxy groups -OCH3 is 1. The van der Waals surface area contributed by atoms with Crippen molar-refractivity contribution in [2.45, 2.75) is 25.8 Å². The van der Waals surface area contributed by atoms with Gasteiger partial charge in [0.25, 0.3) is 5.91 Å². The summed E-state index contributed by atoms with van der Waals surface area (Å²) >= 11 is 0. The molecular weight excluding hydrogens is 328 g/mol. The van der Waals surface area contributed by atoms with Gasteiger partial charge in [-0.25, -0.2) is 10.2 Å². The maximum atomic E-state index is 12.0. The molecule has 1 saturated heterocycles. The molecule has 0 atom stereocenters. The Balaban J connectivity index is 1.87. The first-order valence-electron chi connectivity index (χ1n) is 7.57. The molecule has 0 radical (unpaired) electrons. The van der Waals surface area contributed by atoms with Crippen molar-refractivity contribution in [2.75, 3.05) is 13.7 Å². The van der Waals surface area contributed by atoms with Gasteiger partial charge >= 0.3 is 6.03 Å². The summed E-state index contributed by atoms with van der Waals surface area (Å²) in [5.74, 6) is -0.328. The normalized spacial score (nSPS) is 16.2. The largest absolute Gasteiger partial charge is 0.507 e. The summed E-state index contributed by atoms with van der Waals surface area (Å²) in [5.41, 5.74) is 1.69. The molecule has 2 rings (SSSR count). The van der Waals surface area contributed by atoms with Crippen LogP contribution in [-0.4, -0.2) is 53.3 Å². The number of nitrogens with one attached hydrogen (secondary N) is 2. The van der Waals surface area contributed by atoms with Gasteiger partial charge in [0.05, 0.1) is 13.3 Å². The molecule has 4 amide bonds. The molecule has 1 aliphatic heterocycles. The lowest BCUT2D eigenvalue weighted by atomic mass is 10.1. The smallest absolute Gasteiger partial charge is 0.325 e. The van der Waals surface area contributed by atoms with Crippen LogP contribution in [0.3, 0.4) is 0 Å². The molecule has 3 N–H and O–H groups in total. The Kier molecular flexibility index (Phi) is 5.26. The Labute approximate surface area is 144 Å². The van der Waals surface area contributed by atoms with Crippen LogP contribution in [0.15, 0.2) is 23.3 Å². The Morgan fingerprint density at radius 1 is 1.44 bits per heavy atom. The molecule has 1 heterocycles. The summed E-state index contributed by atoms with van der Waals surface area (Å²) in [7, 11) is 1.49. The lowest BCUT2D eigenvalue weighted by Crippen LogP contribution is -2.40. The summed E-state index contributed by atoms with van der Waals surface area (Å²) < 4.78 is 5.03. The monoisotopic (exact) mass is 348 g/mol. The molecule has 134 valence electrons. The minimum atomic E-state index is -0.963. The van der Waals surface area contributed by atoms with E-state index in [1.165, 1.54) is 19.4 Å². The third-order valence-corrected chi connectivity index (χ3v) is 3.63. The van der Waals surface area contributed by atoms with E-state index in [0.717, 1.165) is 4.90 Å². The lowest BCUT2D eigenvalue weighted by Gasteiger charge is -2.15. The minimum Gasteiger partial charge on any atom is -0.507 e. The van der Waals surface area contributed by atoms with Crippen LogP contribution in [-0.2, 0) is 9.59 Å². The van der Waals surface area contributed by atoms with Crippen LogP contribution in [0.5, 0.6) is 11.5 Å². The average molecular weight is 348 g/mol. The number of phenols is 1. The highest BCUT2D eigenvalue weighted by molar-refractivity contribution is 6.06. The van der Waals surface area contributed by atoms with Gasteiger partial charge < -0.3 is 15.2 Å². The molecule has 1 aliphatic rings. The standard InChI is InChI=1S/C16H20N4O5/c1-16(2)14(23)20(15(24)18-16)7-6-13(22)19-17-9-10-8-11(25-3)4-5-12(10)21/h4-5,8-9,21H,6-7H2,1-3H3,(H,18,24)(H,19,22)/b17-9+. The van der Waals surface area contributed by atoms with E-state index >= 15 is 0 Å². The van der Waals surface area contributed by atoms with Gasteiger partial charge in [-0.1, -0.05) is 0 Å². The van der Waals surface area contributed by atoms with Crippen molar-refractivity contribution >= 4 is 24.1 Å². The van der Waals surface area contributed by atoms with Crippen LogP contribution in [0, 0.1) is 0 Å². The van der Waals surface area contributed by atoms with Crippen LogP contribution in [0.4, 0.5) is 4.79 Å². The number of hydrogen-bond acceptors (Lipinski definition) is 6. The predicted molar refractivity (Wildman–Crippen MR) is 89.3 cm³/mol. The Morgan fingerprint density at radius 3 is 2.76 bits per heavy atom. The first-order valence-corrected chi connectivity index (χ1v) is 7.57. The molecule has 0 aliphatic carbocycles. The van der Waals surface area contributed by atoms with Gasteiger partial charge in [-0.2, -0.15) is 5.10 Å². The molecule has 0 aromatic heterocycles.